The number of hydrogen-bond donors (Lipinski definition) is 0. The SMILES string of the molecule is c1ccc(N(c2ccc(-c3c4ccccc4c(-c4ccccn4)c4ccccc34)cc2)c2ccccn2)cc1. The number of anilines is 3. The molecule has 0 N–H and O–H groups in total. The van der Waals surface area contributed by atoms with E-state index >= 15 is 0 Å². The van der Waals surface area contributed by atoms with Gasteiger partial charge >= 0.3 is 0 Å². The lowest BCUT2D eigenvalue weighted by atomic mass is 9.87. The highest BCUT2D eigenvalue weighted by Crippen LogP contribution is 2.43. The molecule has 0 aliphatic rings. The van der Waals surface area contributed by atoms with Crippen LogP contribution in [0.1, 0.15) is 0 Å². The molecular weight excluding hydrogens is 474 g/mol. The first-order valence-corrected chi connectivity index (χ1v) is 13.1. The highest BCUT2D eigenvalue weighted by Gasteiger charge is 2.18. The standard InChI is InChI=1S/C36H25N3/c1-2-12-27(13-3-1)39(34-19-9-11-25-38-34)28-22-20-26(21-23-28)35-29-14-4-6-16-31(29)36(33-18-8-10-24-37-33)32-17-7-5-15-30(32)35/h1-25H. The first kappa shape index (κ1) is 22.9. The molecule has 0 atom stereocenters. The summed E-state index contributed by atoms with van der Waals surface area (Å²) < 4.78 is 0. The van der Waals surface area contributed by atoms with Gasteiger partial charge in [0.2, 0.25) is 0 Å². The topological polar surface area (TPSA) is 29.0 Å². The average Bonchev–Trinajstić information content (AvgIpc) is 3.02. The molecule has 3 heteroatoms. The summed E-state index contributed by atoms with van der Waals surface area (Å²) in [5.41, 5.74) is 6.69. The van der Waals surface area contributed by atoms with Crippen molar-refractivity contribution >= 4 is 38.7 Å². The minimum atomic E-state index is 0.882. The molecular formula is C36H25N3. The average molecular weight is 500 g/mol. The maximum atomic E-state index is 4.73. The molecule has 3 nitrogen and oxygen atoms in total. The normalized spacial score (nSPS) is 11.1. The van der Waals surface area contributed by atoms with Crippen molar-refractivity contribution in [3.63, 3.8) is 0 Å². The summed E-state index contributed by atoms with van der Waals surface area (Å²) in [6.07, 6.45) is 3.70. The van der Waals surface area contributed by atoms with Crippen LogP contribution in [-0.2, 0) is 0 Å². The second-order valence-electron chi connectivity index (χ2n) is 9.46. The van der Waals surface area contributed by atoms with E-state index in [1.807, 2.05) is 42.7 Å². The molecule has 2 aromatic heterocycles. The Labute approximate surface area is 227 Å². The van der Waals surface area contributed by atoms with E-state index in [1.165, 1.54) is 38.2 Å². The van der Waals surface area contributed by atoms with Crippen LogP contribution < -0.4 is 4.90 Å². The summed E-state index contributed by atoms with van der Waals surface area (Å²) in [6.45, 7) is 0. The van der Waals surface area contributed by atoms with Crippen LogP contribution in [0.3, 0.4) is 0 Å². The highest BCUT2D eigenvalue weighted by atomic mass is 15.2. The minimum Gasteiger partial charge on any atom is -0.295 e. The van der Waals surface area contributed by atoms with Crippen LogP contribution in [0.15, 0.2) is 152 Å². The van der Waals surface area contributed by atoms with Crippen molar-refractivity contribution in [3.8, 4) is 22.4 Å². The van der Waals surface area contributed by atoms with E-state index in [-0.39, 0.29) is 0 Å². The summed E-state index contributed by atoms with van der Waals surface area (Å²) in [7, 11) is 0. The predicted octanol–water partition coefficient (Wildman–Crippen LogP) is 9.59. The molecule has 0 aliphatic carbocycles. The van der Waals surface area contributed by atoms with Gasteiger partial charge in [0.05, 0.1) is 5.69 Å². The quantitative estimate of drug-likeness (QED) is 0.221. The zero-order valence-electron chi connectivity index (χ0n) is 21.3. The third-order valence-electron chi connectivity index (χ3n) is 7.16. The fourth-order valence-electron chi connectivity index (χ4n) is 5.48. The van der Waals surface area contributed by atoms with Gasteiger partial charge < -0.3 is 0 Å². The van der Waals surface area contributed by atoms with E-state index in [0.29, 0.717) is 0 Å². The van der Waals surface area contributed by atoms with Gasteiger partial charge in [-0.3, -0.25) is 9.88 Å². The van der Waals surface area contributed by atoms with Crippen LogP contribution >= 0.6 is 0 Å². The van der Waals surface area contributed by atoms with E-state index in [1.54, 1.807) is 0 Å². The number of rotatable bonds is 5. The smallest absolute Gasteiger partial charge is 0.137 e. The van der Waals surface area contributed by atoms with Crippen LogP contribution in [-0.4, -0.2) is 9.97 Å². The Morgan fingerprint density at radius 1 is 0.385 bits per heavy atom. The Morgan fingerprint density at radius 3 is 1.46 bits per heavy atom. The number of pyridine rings is 2. The van der Waals surface area contributed by atoms with Crippen molar-refractivity contribution in [3.05, 3.63) is 152 Å². The van der Waals surface area contributed by atoms with Crippen molar-refractivity contribution in [2.24, 2.45) is 0 Å². The maximum Gasteiger partial charge on any atom is 0.137 e. The fourth-order valence-corrected chi connectivity index (χ4v) is 5.48. The maximum absolute atomic E-state index is 4.73. The van der Waals surface area contributed by atoms with Crippen LogP contribution in [0, 0.1) is 0 Å². The number of para-hydroxylation sites is 1. The van der Waals surface area contributed by atoms with E-state index < -0.39 is 0 Å². The summed E-state index contributed by atoms with van der Waals surface area (Å²) in [5, 5.41) is 4.84. The molecule has 0 amide bonds. The first-order valence-electron chi connectivity index (χ1n) is 13.1. The van der Waals surface area contributed by atoms with Crippen LogP contribution in [0.2, 0.25) is 0 Å². The van der Waals surface area contributed by atoms with Crippen molar-refractivity contribution in [1.82, 2.24) is 9.97 Å². The van der Waals surface area contributed by atoms with Gasteiger partial charge in [0.25, 0.3) is 0 Å². The molecule has 0 saturated carbocycles. The van der Waals surface area contributed by atoms with Crippen LogP contribution in [0.25, 0.3) is 43.9 Å². The van der Waals surface area contributed by atoms with Crippen molar-refractivity contribution in [1.29, 1.82) is 0 Å². The third kappa shape index (κ3) is 4.11. The number of hydrogen-bond acceptors (Lipinski definition) is 3. The molecule has 0 saturated heterocycles. The van der Waals surface area contributed by atoms with Gasteiger partial charge in [0, 0.05) is 29.3 Å². The van der Waals surface area contributed by atoms with Crippen molar-refractivity contribution in [2.75, 3.05) is 4.90 Å². The monoisotopic (exact) mass is 499 g/mol. The van der Waals surface area contributed by atoms with Gasteiger partial charge in [-0.25, -0.2) is 4.98 Å². The van der Waals surface area contributed by atoms with Gasteiger partial charge in [0.1, 0.15) is 5.82 Å². The van der Waals surface area contributed by atoms with Gasteiger partial charge in [0.15, 0.2) is 0 Å². The molecule has 184 valence electrons. The Balaban J connectivity index is 1.43. The predicted molar refractivity (Wildman–Crippen MR) is 163 cm³/mol. The second-order valence-corrected chi connectivity index (χ2v) is 9.46. The summed E-state index contributed by atoms with van der Waals surface area (Å²) in [5.74, 6) is 0.882. The Morgan fingerprint density at radius 2 is 0.897 bits per heavy atom. The van der Waals surface area contributed by atoms with Gasteiger partial charge in [-0.1, -0.05) is 91.0 Å². The molecule has 7 aromatic rings. The van der Waals surface area contributed by atoms with E-state index in [9.17, 15) is 0 Å². The van der Waals surface area contributed by atoms with Crippen molar-refractivity contribution < 1.29 is 0 Å². The first-order chi connectivity index (χ1) is 19.4. The molecule has 0 aliphatic heterocycles. The lowest BCUT2D eigenvalue weighted by molar-refractivity contribution is 1.18. The minimum absolute atomic E-state index is 0.882. The lowest BCUT2D eigenvalue weighted by Gasteiger charge is -2.24. The summed E-state index contributed by atoms with van der Waals surface area (Å²) in [6, 6.07) is 48.7. The van der Waals surface area contributed by atoms with E-state index in [4.69, 9.17) is 4.98 Å². The summed E-state index contributed by atoms with van der Waals surface area (Å²) >= 11 is 0. The molecule has 39 heavy (non-hydrogen) atoms. The Bertz CT molecular complexity index is 1790. The Kier molecular flexibility index (Phi) is 5.80. The number of benzene rings is 5. The van der Waals surface area contributed by atoms with Crippen molar-refractivity contribution in [2.45, 2.75) is 0 Å². The van der Waals surface area contributed by atoms with E-state index in [2.05, 4.69) is 119 Å². The lowest BCUT2D eigenvalue weighted by Crippen LogP contribution is -2.11. The second kappa shape index (κ2) is 9.88. The zero-order valence-corrected chi connectivity index (χ0v) is 21.3. The molecule has 0 bridgehead atoms. The molecule has 0 spiro atoms. The fraction of sp³-hybridized carbons (Fsp3) is 0. The van der Waals surface area contributed by atoms with E-state index in [0.717, 1.165) is 22.9 Å². The van der Waals surface area contributed by atoms with Gasteiger partial charge in [-0.05, 0) is 81.2 Å². The largest absolute Gasteiger partial charge is 0.295 e. The van der Waals surface area contributed by atoms with Crippen LogP contribution in [0.4, 0.5) is 17.2 Å². The van der Waals surface area contributed by atoms with Gasteiger partial charge in [-0.15, -0.1) is 0 Å². The molecule has 5 aromatic carbocycles. The Hall–Kier alpha value is -5.28. The molecule has 7 rings (SSSR count). The molecule has 2 heterocycles. The van der Waals surface area contributed by atoms with Crippen LogP contribution in [0.5, 0.6) is 0 Å². The zero-order chi connectivity index (χ0) is 26.0. The molecule has 0 fully saturated rings. The number of fused-ring (bicyclic) bond motifs is 2. The number of nitrogens with zero attached hydrogens (tertiary/aromatic N) is 3. The highest BCUT2D eigenvalue weighted by molar-refractivity contribution is 6.21. The van der Waals surface area contributed by atoms with Gasteiger partial charge in [-0.2, -0.15) is 0 Å². The summed E-state index contributed by atoms with van der Waals surface area (Å²) in [4.78, 5) is 11.6. The number of aromatic nitrogens is 2. The molecule has 0 unspecified atom stereocenters. The molecule has 0 radical (unpaired) electrons. The third-order valence-corrected chi connectivity index (χ3v) is 7.16.